The Labute approximate surface area is 152 Å². The van der Waals surface area contributed by atoms with Gasteiger partial charge in [0.1, 0.15) is 0 Å². The number of aliphatic hydroxyl groups is 1. The van der Waals surface area contributed by atoms with Gasteiger partial charge in [0.25, 0.3) is 0 Å². The highest BCUT2D eigenvalue weighted by Crippen LogP contribution is 2.20. The Hall–Kier alpha value is -0.560. The standard InChI is InChI=1S/C23H44O/c1-4-6-8-10-12-14-16-18-20-23(22(3)24)21-19-17-15-13-11-9-7-5-2/h12-15,22-24H,4-11,16-21H2,1-3H3. The van der Waals surface area contributed by atoms with Crippen molar-refractivity contribution in [2.24, 2.45) is 5.92 Å². The summed E-state index contributed by atoms with van der Waals surface area (Å²) < 4.78 is 0. The quantitative estimate of drug-likeness (QED) is 0.214. The number of unbranched alkanes of at least 4 members (excludes halogenated alkanes) is 8. The van der Waals surface area contributed by atoms with Crippen LogP contribution in [0.25, 0.3) is 0 Å². The van der Waals surface area contributed by atoms with Crippen molar-refractivity contribution in [3.05, 3.63) is 24.3 Å². The third kappa shape index (κ3) is 16.3. The van der Waals surface area contributed by atoms with E-state index in [0.717, 1.165) is 12.8 Å². The van der Waals surface area contributed by atoms with Gasteiger partial charge >= 0.3 is 0 Å². The Balaban J connectivity index is 3.67. The van der Waals surface area contributed by atoms with E-state index in [2.05, 4.69) is 38.2 Å². The lowest BCUT2D eigenvalue weighted by Gasteiger charge is -2.19. The average Bonchev–Trinajstić information content (AvgIpc) is 2.57. The molecule has 1 nitrogen and oxygen atoms in total. The fourth-order valence-electron chi connectivity index (χ4n) is 3.12. The van der Waals surface area contributed by atoms with E-state index in [1.807, 2.05) is 6.92 Å². The van der Waals surface area contributed by atoms with Gasteiger partial charge in [0.2, 0.25) is 0 Å². The number of allylic oxidation sites excluding steroid dienone is 4. The third-order valence-corrected chi connectivity index (χ3v) is 4.86. The number of aliphatic hydroxyl groups excluding tert-OH is 1. The Bertz CT molecular complexity index is 264. The molecule has 0 spiro atoms. The van der Waals surface area contributed by atoms with E-state index in [1.165, 1.54) is 77.0 Å². The summed E-state index contributed by atoms with van der Waals surface area (Å²) in [5.74, 6) is 0.479. The number of hydrogen-bond donors (Lipinski definition) is 1. The van der Waals surface area contributed by atoms with Crippen molar-refractivity contribution in [2.75, 3.05) is 0 Å². The molecule has 1 atom stereocenters. The predicted octanol–water partition coefficient (Wildman–Crippen LogP) is 7.60. The zero-order chi connectivity index (χ0) is 17.9. The van der Waals surface area contributed by atoms with Crippen LogP contribution in [0.3, 0.4) is 0 Å². The first kappa shape index (κ1) is 23.4. The Kier molecular flexibility index (Phi) is 18.3. The first-order valence-corrected chi connectivity index (χ1v) is 10.7. The van der Waals surface area contributed by atoms with Crippen LogP contribution in [0.15, 0.2) is 24.3 Å². The molecular formula is C23H44O. The first-order valence-electron chi connectivity index (χ1n) is 10.7. The second-order valence-electron chi connectivity index (χ2n) is 7.30. The van der Waals surface area contributed by atoms with E-state index in [0.29, 0.717) is 5.92 Å². The number of rotatable bonds is 17. The minimum atomic E-state index is -0.160. The van der Waals surface area contributed by atoms with Gasteiger partial charge in [-0.25, -0.2) is 0 Å². The lowest BCUT2D eigenvalue weighted by molar-refractivity contribution is 0.112. The molecule has 0 saturated heterocycles. The maximum atomic E-state index is 9.98. The topological polar surface area (TPSA) is 20.2 Å². The van der Waals surface area contributed by atoms with E-state index in [-0.39, 0.29) is 6.10 Å². The van der Waals surface area contributed by atoms with Gasteiger partial charge in [0, 0.05) is 0 Å². The molecule has 1 heteroatoms. The van der Waals surface area contributed by atoms with Crippen molar-refractivity contribution in [3.63, 3.8) is 0 Å². The van der Waals surface area contributed by atoms with Gasteiger partial charge in [-0.05, 0) is 77.0 Å². The average molecular weight is 337 g/mol. The molecule has 0 saturated carbocycles. The molecule has 0 aromatic heterocycles. The van der Waals surface area contributed by atoms with E-state index in [1.54, 1.807) is 0 Å². The van der Waals surface area contributed by atoms with Gasteiger partial charge in [-0.3, -0.25) is 0 Å². The Morgan fingerprint density at radius 2 is 1.00 bits per heavy atom. The molecule has 0 aliphatic rings. The smallest absolute Gasteiger partial charge is 0.0540 e. The fraction of sp³-hybridized carbons (Fsp3) is 0.826. The van der Waals surface area contributed by atoms with Crippen molar-refractivity contribution >= 4 is 0 Å². The van der Waals surface area contributed by atoms with Gasteiger partial charge in [0.15, 0.2) is 0 Å². The molecule has 0 radical (unpaired) electrons. The summed E-state index contributed by atoms with van der Waals surface area (Å²) in [5.41, 5.74) is 0. The molecule has 0 aromatic rings. The molecule has 24 heavy (non-hydrogen) atoms. The van der Waals surface area contributed by atoms with Crippen LogP contribution in [0.2, 0.25) is 0 Å². The van der Waals surface area contributed by atoms with Crippen LogP contribution in [0.4, 0.5) is 0 Å². The van der Waals surface area contributed by atoms with Crippen LogP contribution in [0, 0.1) is 5.92 Å². The second-order valence-corrected chi connectivity index (χ2v) is 7.30. The SMILES string of the molecule is CCCCCC=CCCCC(CCCC=CCCCCC)C(C)O. The lowest BCUT2D eigenvalue weighted by atomic mass is 9.91. The van der Waals surface area contributed by atoms with Gasteiger partial charge < -0.3 is 5.11 Å². The van der Waals surface area contributed by atoms with Crippen molar-refractivity contribution in [1.29, 1.82) is 0 Å². The van der Waals surface area contributed by atoms with Crippen molar-refractivity contribution < 1.29 is 5.11 Å². The van der Waals surface area contributed by atoms with Crippen LogP contribution < -0.4 is 0 Å². The van der Waals surface area contributed by atoms with Crippen LogP contribution in [0.5, 0.6) is 0 Å². The zero-order valence-electron chi connectivity index (χ0n) is 16.8. The molecule has 0 aromatic carbocycles. The molecule has 0 fully saturated rings. The molecule has 0 heterocycles. The lowest BCUT2D eigenvalue weighted by Crippen LogP contribution is -2.16. The summed E-state index contributed by atoms with van der Waals surface area (Å²) in [5, 5.41) is 9.98. The van der Waals surface area contributed by atoms with E-state index >= 15 is 0 Å². The van der Waals surface area contributed by atoms with Crippen molar-refractivity contribution in [1.82, 2.24) is 0 Å². The minimum Gasteiger partial charge on any atom is -0.393 e. The minimum absolute atomic E-state index is 0.160. The monoisotopic (exact) mass is 336 g/mol. The van der Waals surface area contributed by atoms with E-state index < -0.39 is 0 Å². The van der Waals surface area contributed by atoms with E-state index in [4.69, 9.17) is 0 Å². The van der Waals surface area contributed by atoms with E-state index in [9.17, 15) is 5.11 Å². The highest BCUT2D eigenvalue weighted by molar-refractivity contribution is 4.83. The highest BCUT2D eigenvalue weighted by atomic mass is 16.3. The molecule has 0 aliphatic heterocycles. The molecule has 1 unspecified atom stereocenters. The Morgan fingerprint density at radius 1 is 0.625 bits per heavy atom. The number of hydrogen-bond acceptors (Lipinski definition) is 1. The van der Waals surface area contributed by atoms with Gasteiger partial charge in [-0.1, -0.05) is 63.8 Å². The maximum Gasteiger partial charge on any atom is 0.0540 e. The summed E-state index contributed by atoms with van der Waals surface area (Å²) >= 11 is 0. The maximum absolute atomic E-state index is 9.98. The predicted molar refractivity (Wildman–Crippen MR) is 109 cm³/mol. The molecule has 0 rings (SSSR count). The van der Waals surface area contributed by atoms with Crippen LogP contribution >= 0.6 is 0 Å². The largest absolute Gasteiger partial charge is 0.393 e. The first-order chi connectivity index (χ1) is 11.7. The summed E-state index contributed by atoms with van der Waals surface area (Å²) in [6, 6.07) is 0. The molecule has 0 amide bonds. The third-order valence-electron chi connectivity index (χ3n) is 4.86. The summed E-state index contributed by atoms with van der Waals surface area (Å²) in [6.45, 7) is 6.47. The van der Waals surface area contributed by atoms with Gasteiger partial charge in [-0.15, -0.1) is 0 Å². The molecular weight excluding hydrogens is 292 g/mol. The zero-order valence-corrected chi connectivity index (χ0v) is 16.8. The highest BCUT2D eigenvalue weighted by Gasteiger charge is 2.13. The van der Waals surface area contributed by atoms with Gasteiger partial charge in [0.05, 0.1) is 6.10 Å². The summed E-state index contributed by atoms with van der Waals surface area (Å²) in [4.78, 5) is 0. The molecule has 0 aliphatic carbocycles. The Morgan fingerprint density at radius 3 is 1.33 bits per heavy atom. The molecule has 0 bridgehead atoms. The normalized spacial score (nSPS) is 14.7. The van der Waals surface area contributed by atoms with Crippen LogP contribution in [0.1, 0.15) is 111 Å². The fourth-order valence-corrected chi connectivity index (χ4v) is 3.12. The van der Waals surface area contributed by atoms with Crippen molar-refractivity contribution in [3.8, 4) is 0 Å². The van der Waals surface area contributed by atoms with Crippen LogP contribution in [-0.4, -0.2) is 11.2 Å². The van der Waals surface area contributed by atoms with Crippen LogP contribution in [-0.2, 0) is 0 Å². The van der Waals surface area contributed by atoms with Gasteiger partial charge in [-0.2, -0.15) is 0 Å². The van der Waals surface area contributed by atoms with Crippen molar-refractivity contribution in [2.45, 2.75) is 117 Å². The molecule has 142 valence electrons. The second kappa shape index (κ2) is 18.8. The molecule has 1 N–H and O–H groups in total. The summed E-state index contributed by atoms with van der Waals surface area (Å²) in [6.07, 6.45) is 26.7. The summed E-state index contributed by atoms with van der Waals surface area (Å²) in [7, 11) is 0.